The van der Waals surface area contributed by atoms with Crippen LogP contribution in [0.5, 0.6) is 11.5 Å². The van der Waals surface area contributed by atoms with E-state index in [-0.39, 0.29) is 0 Å². The van der Waals surface area contributed by atoms with Gasteiger partial charge in [-0.1, -0.05) is 17.7 Å². The summed E-state index contributed by atoms with van der Waals surface area (Å²) in [6.45, 7) is 0. The molecule has 2 aromatic carbocycles. The summed E-state index contributed by atoms with van der Waals surface area (Å²) < 4.78 is 12.2. The van der Waals surface area contributed by atoms with E-state index in [1.807, 2.05) is 18.2 Å². The van der Waals surface area contributed by atoms with Gasteiger partial charge in [0.15, 0.2) is 5.75 Å². The summed E-state index contributed by atoms with van der Waals surface area (Å²) in [5.41, 5.74) is 4.51. The van der Waals surface area contributed by atoms with Crippen LogP contribution in [0.25, 0.3) is 0 Å². The van der Waals surface area contributed by atoms with Crippen LogP contribution in [-0.2, 0) is 0 Å². The number of rotatable bonds is 5. The Hall–Kier alpha value is -1.24. The summed E-state index contributed by atoms with van der Waals surface area (Å²) in [4.78, 5) is 0. The summed E-state index contributed by atoms with van der Waals surface area (Å²) >= 11 is 12.9. The monoisotopic (exact) mass is 446 g/mol. The Morgan fingerprint density at radius 2 is 1.86 bits per heavy atom. The van der Waals surface area contributed by atoms with Crippen molar-refractivity contribution in [3.8, 4) is 11.5 Å². The molecule has 1 N–H and O–H groups in total. The Labute approximate surface area is 150 Å². The zero-order valence-electron chi connectivity index (χ0n) is 11.9. The van der Waals surface area contributed by atoms with Crippen molar-refractivity contribution >= 4 is 55.4 Å². The molecule has 0 spiro atoms. The number of ether oxygens (including phenoxy) is 2. The maximum atomic E-state index is 5.93. The van der Waals surface area contributed by atoms with Gasteiger partial charge >= 0.3 is 0 Å². The molecule has 0 fully saturated rings. The van der Waals surface area contributed by atoms with Gasteiger partial charge in [-0.3, -0.25) is 5.43 Å². The van der Waals surface area contributed by atoms with Crippen molar-refractivity contribution in [2.24, 2.45) is 5.10 Å². The van der Waals surface area contributed by atoms with Gasteiger partial charge in [0, 0.05) is 10.6 Å². The second kappa shape index (κ2) is 7.85. The third-order valence-corrected chi connectivity index (χ3v) is 4.33. The molecule has 0 aliphatic carbocycles. The summed E-state index contributed by atoms with van der Waals surface area (Å²) in [6, 6.07) is 9.18. The predicted molar refractivity (Wildman–Crippen MR) is 97.6 cm³/mol. The molecule has 0 heterocycles. The maximum absolute atomic E-state index is 5.93. The van der Waals surface area contributed by atoms with Gasteiger partial charge in [0.1, 0.15) is 10.2 Å². The number of halogens is 3. The van der Waals surface area contributed by atoms with Crippen molar-refractivity contribution in [1.29, 1.82) is 0 Å². The van der Waals surface area contributed by atoms with Crippen LogP contribution in [0.2, 0.25) is 5.02 Å². The molecule has 0 unspecified atom stereocenters. The molecular weight excluding hydrogens is 435 g/mol. The van der Waals surface area contributed by atoms with E-state index in [4.69, 9.17) is 21.1 Å². The number of nitrogens with one attached hydrogen (secondary N) is 1. The highest BCUT2D eigenvalue weighted by Crippen LogP contribution is 2.42. The molecular formula is C15H13Br2ClN2O2. The molecule has 0 bridgehead atoms. The molecule has 0 saturated carbocycles. The quantitative estimate of drug-likeness (QED) is 0.497. The van der Waals surface area contributed by atoms with Gasteiger partial charge in [0.2, 0.25) is 0 Å². The van der Waals surface area contributed by atoms with Crippen LogP contribution in [0.1, 0.15) is 5.56 Å². The average Bonchev–Trinajstić information content (AvgIpc) is 2.48. The smallest absolute Gasteiger partial charge is 0.151 e. The fourth-order valence-corrected chi connectivity index (χ4v) is 3.66. The first-order valence-corrected chi connectivity index (χ1v) is 8.17. The molecule has 0 aliphatic heterocycles. The van der Waals surface area contributed by atoms with Gasteiger partial charge in [-0.25, -0.2) is 0 Å². The molecule has 0 radical (unpaired) electrons. The van der Waals surface area contributed by atoms with Crippen LogP contribution in [0.15, 0.2) is 44.4 Å². The van der Waals surface area contributed by atoms with Gasteiger partial charge in [-0.15, -0.1) is 0 Å². The highest BCUT2D eigenvalue weighted by molar-refractivity contribution is 9.11. The Morgan fingerprint density at radius 3 is 2.50 bits per heavy atom. The Kier molecular flexibility index (Phi) is 6.11. The number of anilines is 1. The van der Waals surface area contributed by atoms with Crippen molar-refractivity contribution in [3.05, 3.63) is 49.9 Å². The second-order valence-corrected chi connectivity index (χ2v) is 6.29. The lowest BCUT2D eigenvalue weighted by atomic mass is 10.2. The van der Waals surface area contributed by atoms with Gasteiger partial charge in [0.25, 0.3) is 0 Å². The van der Waals surface area contributed by atoms with E-state index >= 15 is 0 Å². The summed E-state index contributed by atoms with van der Waals surface area (Å²) in [5, 5.41) is 4.85. The number of hydrogen-bond acceptors (Lipinski definition) is 4. The molecule has 4 nitrogen and oxygen atoms in total. The first kappa shape index (κ1) is 17.1. The van der Waals surface area contributed by atoms with Crippen LogP contribution in [-0.4, -0.2) is 20.4 Å². The fourth-order valence-electron chi connectivity index (χ4n) is 1.83. The molecule has 7 heteroatoms. The second-order valence-electron chi connectivity index (χ2n) is 4.21. The van der Waals surface area contributed by atoms with Crippen molar-refractivity contribution in [2.45, 2.75) is 0 Å². The zero-order valence-corrected chi connectivity index (χ0v) is 15.8. The van der Waals surface area contributed by atoms with Gasteiger partial charge in [-0.2, -0.15) is 5.10 Å². The molecule has 0 aromatic heterocycles. The number of benzene rings is 2. The Morgan fingerprint density at radius 1 is 1.14 bits per heavy atom. The maximum Gasteiger partial charge on any atom is 0.151 e. The van der Waals surface area contributed by atoms with Crippen LogP contribution >= 0.6 is 43.5 Å². The van der Waals surface area contributed by atoms with Crippen LogP contribution in [0.4, 0.5) is 5.69 Å². The van der Waals surface area contributed by atoms with E-state index in [1.54, 1.807) is 32.6 Å². The third-order valence-electron chi connectivity index (χ3n) is 2.79. The Balaban J connectivity index is 2.27. The lowest BCUT2D eigenvalue weighted by Gasteiger charge is -2.13. The predicted octanol–water partition coefficient (Wildman–Crippen LogP) is 5.33. The highest BCUT2D eigenvalue weighted by atomic mass is 79.9. The van der Waals surface area contributed by atoms with E-state index in [9.17, 15) is 0 Å². The van der Waals surface area contributed by atoms with E-state index < -0.39 is 0 Å². The molecule has 116 valence electrons. The van der Waals surface area contributed by atoms with Crippen molar-refractivity contribution in [1.82, 2.24) is 0 Å². The molecule has 0 aliphatic rings. The normalized spacial score (nSPS) is 10.8. The number of methoxy groups -OCH3 is 2. The van der Waals surface area contributed by atoms with Crippen LogP contribution in [0, 0.1) is 0 Å². The van der Waals surface area contributed by atoms with Crippen molar-refractivity contribution < 1.29 is 9.47 Å². The zero-order chi connectivity index (χ0) is 16.1. The molecule has 0 amide bonds. The Bertz CT molecular complexity index is 708. The molecule has 0 atom stereocenters. The first-order valence-electron chi connectivity index (χ1n) is 6.21. The average molecular weight is 449 g/mol. The van der Waals surface area contributed by atoms with E-state index in [1.165, 1.54) is 0 Å². The third kappa shape index (κ3) is 3.94. The number of hydrazone groups is 1. The minimum Gasteiger partial charge on any atom is -0.495 e. The van der Waals surface area contributed by atoms with E-state index in [2.05, 4.69) is 42.4 Å². The summed E-state index contributed by atoms with van der Waals surface area (Å²) in [6.07, 6.45) is 1.66. The van der Waals surface area contributed by atoms with Crippen LogP contribution in [0.3, 0.4) is 0 Å². The van der Waals surface area contributed by atoms with E-state index in [0.717, 1.165) is 20.2 Å². The van der Waals surface area contributed by atoms with Gasteiger partial charge < -0.3 is 9.47 Å². The fraction of sp³-hybridized carbons (Fsp3) is 0.133. The highest BCUT2D eigenvalue weighted by Gasteiger charge is 2.15. The lowest BCUT2D eigenvalue weighted by molar-refractivity contribution is 0.387. The SMILES string of the molecule is COc1c(Br)cc(C=NNc2cccc(Cl)c2)c(OC)c1Br. The lowest BCUT2D eigenvalue weighted by Crippen LogP contribution is -1.98. The largest absolute Gasteiger partial charge is 0.495 e. The minimum atomic E-state index is 0.636. The number of hydrogen-bond donors (Lipinski definition) is 1. The molecule has 0 saturated heterocycles. The summed E-state index contributed by atoms with van der Waals surface area (Å²) in [7, 11) is 3.19. The topological polar surface area (TPSA) is 42.8 Å². The van der Waals surface area contributed by atoms with Gasteiger partial charge in [-0.05, 0) is 56.1 Å². The summed E-state index contributed by atoms with van der Waals surface area (Å²) in [5.74, 6) is 1.30. The van der Waals surface area contributed by atoms with Crippen LogP contribution < -0.4 is 14.9 Å². The standard InChI is InChI=1S/C15H13Br2ClN2O2/c1-21-14-9(6-12(16)15(22-2)13(14)17)8-19-20-11-5-3-4-10(18)7-11/h3-8,20H,1-2H3. The minimum absolute atomic E-state index is 0.636. The molecule has 2 rings (SSSR count). The van der Waals surface area contributed by atoms with Crippen molar-refractivity contribution in [2.75, 3.05) is 19.6 Å². The molecule has 22 heavy (non-hydrogen) atoms. The van der Waals surface area contributed by atoms with Gasteiger partial charge in [0.05, 0.1) is 30.6 Å². The van der Waals surface area contributed by atoms with E-state index in [0.29, 0.717) is 16.5 Å². The number of nitrogens with zero attached hydrogens (tertiary/aromatic N) is 1. The van der Waals surface area contributed by atoms with Crippen molar-refractivity contribution in [3.63, 3.8) is 0 Å². The first-order chi connectivity index (χ1) is 10.6. The molecule has 2 aromatic rings.